The van der Waals surface area contributed by atoms with Crippen molar-refractivity contribution in [3.05, 3.63) is 35.7 Å². The Morgan fingerprint density at radius 1 is 1.24 bits per heavy atom. The van der Waals surface area contributed by atoms with E-state index < -0.39 is 17.7 Å². The summed E-state index contributed by atoms with van der Waals surface area (Å²) >= 11 is 1.34. The van der Waals surface area contributed by atoms with E-state index in [0.29, 0.717) is 11.6 Å². The fourth-order valence-electron chi connectivity index (χ4n) is 2.07. The van der Waals surface area contributed by atoms with Crippen LogP contribution in [0.15, 0.2) is 35.7 Å². The average Bonchev–Trinajstić information content (AvgIpc) is 3.00. The molecule has 25 heavy (non-hydrogen) atoms. The van der Waals surface area contributed by atoms with Crippen molar-refractivity contribution in [2.45, 2.75) is 45.8 Å². The first-order valence-electron chi connectivity index (χ1n) is 8.10. The molecule has 0 saturated heterocycles. The van der Waals surface area contributed by atoms with E-state index in [-0.39, 0.29) is 5.91 Å². The molecule has 0 fully saturated rings. The van der Waals surface area contributed by atoms with E-state index in [4.69, 9.17) is 4.74 Å². The number of nitrogens with one attached hydrogen (secondary N) is 2. The number of amides is 2. The molecular weight excluding hydrogens is 338 g/mol. The number of carbonyl (C=O) groups excluding carboxylic acids is 2. The van der Waals surface area contributed by atoms with Crippen LogP contribution in [0.3, 0.4) is 0 Å². The van der Waals surface area contributed by atoms with Gasteiger partial charge in [0.15, 0.2) is 5.13 Å². The van der Waals surface area contributed by atoms with Gasteiger partial charge in [-0.15, -0.1) is 11.3 Å². The number of ether oxygens (including phenoxy) is 1. The van der Waals surface area contributed by atoms with Crippen molar-refractivity contribution in [2.75, 3.05) is 5.32 Å². The lowest BCUT2D eigenvalue weighted by Gasteiger charge is -2.22. The minimum absolute atomic E-state index is 0.317. The fourth-order valence-corrected chi connectivity index (χ4v) is 2.79. The quantitative estimate of drug-likeness (QED) is 0.842. The molecule has 7 heteroatoms. The molecule has 1 heterocycles. The zero-order valence-corrected chi connectivity index (χ0v) is 15.6. The second-order valence-corrected chi connectivity index (χ2v) is 7.36. The van der Waals surface area contributed by atoms with E-state index >= 15 is 0 Å². The lowest BCUT2D eigenvalue weighted by atomic mass is 10.2. The summed E-state index contributed by atoms with van der Waals surface area (Å²) < 4.78 is 5.19. The molecule has 2 aromatic rings. The molecule has 1 aromatic carbocycles. The summed E-state index contributed by atoms with van der Waals surface area (Å²) in [5.74, 6) is -0.317. The van der Waals surface area contributed by atoms with Gasteiger partial charge in [-0.1, -0.05) is 37.3 Å². The SMILES string of the molecule is CC[C@H](NC(=O)OC(C)(C)C)C(=O)Nc1nc(-c2ccccc2)cs1. The van der Waals surface area contributed by atoms with Crippen LogP contribution in [-0.4, -0.2) is 28.6 Å². The fraction of sp³-hybridized carbons (Fsp3) is 0.389. The van der Waals surface area contributed by atoms with E-state index in [9.17, 15) is 9.59 Å². The number of hydrogen-bond donors (Lipinski definition) is 2. The Balaban J connectivity index is 1.98. The first-order chi connectivity index (χ1) is 11.8. The molecule has 0 aliphatic rings. The Morgan fingerprint density at radius 2 is 1.92 bits per heavy atom. The molecule has 0 unspecified atom stereocenters. The third-order valence-corrected chi connectivity index (χ3v) is 3.98. The van der Waals surface area contributed by atoms with Gasteiger partial charge in [-0.25, -0.2) is 9.78 Å². The van der Waals surface area contributed by atoms with Crippen LogP contribution < -0.4 is 10.6 Å². The molecule has 0 spiro atoms. The molecule has 1 atom stereocenters. The van der Waals surface area contributed by atoms with Crippen molar-refractivity contribution in [3.8, 4) is 11.3 Å². The van der Waals surface area contributed by atoms with Crippen molar-refractivity contribution in [1.29, 1.82) is 0 Å². The predicted octanol–water partition coefficient (Wildman–Crippen LogP) is 4.05. The Hall–Kier alpha value is -2.41. The average molecular weight is 361 g/mol. The number of rotatable bonds is 5. The van der Waals surface area contributed by atoms with E-state index in [2.05, 4.69) is 15.6 Å². The molecule has 0 aliphatic carbocycles. The Bertz CT molecular complexity index is 723. The first-order valence-corrected chi connectivity index (χ1v) is 8.98. The van der Waals surface area contributed by atoms with Crippen LogP contribution in [-0.2, 0) is 9.53 Å². The molecule has 0 aliphatic heterocycles. The Labute approximate surface area is 151 Å². The normalized spacial score (nSPS) is 12.3. The van der Waals surface area contributed by atoms with Crippen molar-refractivity contribution in [3.63, 3.8) is 0 Å². The van der Waals surface area contributed by atoms with Gasteiger partial charge >= 0.3 is 6.09 Å². The monoisotopic (exact) mass is 361 g/mol. The van der Waals surface area contributed by atoms with Gasteiger partial charge < -0.3 is 15.4 Å². The highest BCUT2D eigenvalue weighted by atomic mass is 32.1. The lowest BCUT2D eigenvalue weighted by molar-refractivity contribution is -0.118. The number of anilines is 1. The molecular formula is C18H23N3O3S. The van der Waals surface area contributed by atoms with Crippen LogP contribution in [0.4, 0.5) is 9.93 Å². The van der Waals surface area contributed by atoms with Crippen molar-refractivity contribution in [1.82, 2.24) is 10.3 Å². The number of hydrogen-bond acceptors (Lipinski definition) is 5. The van der Waals surface area contributed by atoms with Gasteiger partial charge in [0.1, 0.15) is 11.6 Å². The van der Waals surface area contributed by atoms with Crippen LogP contribution in [0.25, 0.3) is 11.3 Å². The summed E-state index contributed by atoms with van der Waals surface area (Å²) in [6.45, 7) is 7.13. The second kappa shape index (κ2) is 8.11. The predicted molar refractivity (Wildman–Crippen MR) is 99.6 cm³/mol. The molecule has 0 bridgehead atoms. The van der Waals surface area contributed by atoms with Crippen LogP contribution >= 0.6 is 11.3 Å². The molecule has 2 amide bonds. The molecule has 0 radical (unpaired) electrons. The van der Waals surface area contributed by atoms with E-state index in [0.717, 1.165) is 11.3 Å². The minimum atomic E-state index is -0.682. The minimum Gasteiger partial charge on any atom is -0.444 e. The summed E-state index contributed by atoms with van der Waals surface area (Å²) in [7, 11) is 0. The summed E-state index contributed by atoms with van der Waals surface area (Å²) in [5.41, 5.74) is 1.17. The van der Waals surface area contributed by atoms with Crippen LogP contribution in [0.2, 0.25) is 0 Å². The number of benzene rings is 1. The molecule has 2 N–H and O–H groups in total. The zero-order chi connectivity index (χ0) is 18.4. The van der Waals surface area contributed by atoms with Crippen molar-refractivity contribution < 1.29 is 14.3 Å². The molecule has 1 aromatic heterocycles. The van der Waals surface area contributed by atoms with Crippen LogP contribution in [0, 0.1) is 0 Å². The maximum absolute atomic E-state index is 12.4. The standard InChI is InChI=1S/C18H23N3O3S/c1-5-13(20-17(23)24-18(2,3)4)15(22)21-16-19-14(11-25-16)12-9-7-6-8-10-12/h6-11,13H,5H2,1-4H3,(H,20,23)(H,19,21,22)/t13-/m0/s1. The van der Waals surface area contributed by atoms with Gasteiger partial charge in [0, 0.05) is 10.9 Å². The number of alkyl carbamates (subject to hydrolysis) is 1. The van der Waals surface area contributed by atoms with E-state index in [1.165, 1.54) is 11.3 Å². The smallest absolute Gasteiger partial charge is 0.408 e. The maximum Gasteiger partial charge on any atom is 0.408 e. The number of thiazole rings is 1. The lowest BCUT2D eigenvalue weighted by Crippen LogP contribution is -2.45. The number of aromatic nitrogens is 1. The topological polar surface area (TPSA) is 80.3 Å². The third kappa shape index (κ3) is 5.86. The van der Waals surface area contributed by atoms with Crippen molar-refractivity contribution >= 4 is 28.5 Å². The zero-order valence-electron chi connectivity index (χ0n) is 14.8. The number of carbonyl (C=O) groups is 2. The van der Waals surface area contributed by atoms with Gasteiger partial charge in [0.25, 0.3) is 0 Å². The summed E-state index contributed by atoms with van der Waals surface area (Å²) in [5, 5.41) is 7.71. The third-order valence-electron chi connectivity index (χ3n) is 3.22. The van der Waals surface area contributed by atoms with E-state index in [1.54, 1.807) is 20.8 Å². The van der Waals surface area contributed by atoms with Gasteiger partial charge in [0.05, 0.1) is 5.69 Å². The Kier molecular flexibility index (Phi) is 6.14. The highest BCUT2D eigenvalue weighted by molar-refractivity contribution is 7.14. The molecule has 134 valence electrons. The van der Waals surface area contributed by atoms with Crippen molar-refractivity contribution in [2.24, 2.45) is 0 Å². The van der Waals surface area contributed by atoms with Crippen LogP contribution in [0.5, 0.6) is 0 Å². The molecule has 0 saturated carbocycles. The summed E-state index contributed by atoms with van der Waals surface area (Å²) in [6.07, 6.45) is -0.166. The van der Waals surface area contributed by atoms with Gasteiger partial charge in [-0.3, -0.25) is 4.79 Å². The maximum atomic E-state index is 12.4. The molecule has 2 rings (SSSR count). The van der Waals surface area contributed by atoms with Crippen LogP contribution in [0.1, 0.15) is 34.1 Å². The highest BCUT2D eigenvalue weighted by Crippen LogP contribution is 2.24. The van der Waals surface area contributed by atoms with Gasteiger partial charge in [-0.05, 0) is 27.2 Å². The Morgan fingerprint density at radius 3 is 2.52 bits per heavy atom. The molecule has 6 nitrogen and oxygen atoms in total. The summed E-state index contributed by atoms with van der Waals surface area (Å²) in [4.78, 5) is 28.6. The largest absolute Gasteiger partial charge is 0.444 e. The first kappa shape index (κ1) is 18.9. The van der Waals surface area contributed by atoms with E-state index in [1.807, 2.05) is 42.6 Å². The summed E-state index contributed by atoms with van der Waals surface area (Å²) in [6, 6.07) is 9.04. The number of nitrogens with zero attached hydrogens (tertiary/aromatic N) is 1. The second-order valence-electron chi connectivity index (χ2n) is 6.50. The van der Waals surface area contributed by atoms with Gasteiger partial charge in [-0.2, -0.15) is 0 Å². The highest BCUT2D eigenvalue weighted by Gasteiger charge is 2.23. The van der Waals surface area contributed by atoms with Gasteiger partial charge in [0.2, 0.25) is 5.91 Å².